The fourth-order valence-corrected chi connectivity index (χ4v) is 1.45. The molecule has 2 aromatic rings. The summed E-state index contributed by atoms with van der Waals surface area (Å²) in [5.41, 5.74) is -1.09. The molecule has 0 bridgehead atoms. The van der Waals surface area contributed by atoms with Gasteiger partial charge in [0.15, 0.2) is 5.65 Å². The van der Waals surface area contributed by atoms with Crippen LogP contribution < -0.4 is 16.0 Å². The van der Waals surface area contributed by atoms with E-state index in [1.807, 2.05) is 0 Å². The molecule has 0 atom stereocenters. The summed E-state index contributed by atoms with van der Waals surface area (Å²) >= 11 is 5.68. The van der Waals surface area contributed by atoms with Crippen molar-refractivity contribution in [1.29, 1.82) is 0 Å². The SMILES string of the molecule is COc1cc(Cl)nc2[nH]c(=O)[nH]c(=O)c12. The van der Waals surface area contributed by atoms with Gasteiger partial charge >= 0.3 is 5.69 Å². The van der Waals surface area contributed by atoms with Crippen LogP contribution >= 0.6 is 11.6 Å². The minimum Gasteiger partial charge on any atom is -0.496 e. The number of fused-ring (bicyclic) bond motifs is 1. The van der Waals surface area contributed by atoms with Crippen molar-refractivity contribution in [3.8, 4) is 5.75 Å². The highest BCUT2D eigenvalue weighted by Crippen LogP contribution is 2.21. The van der Waals surface area contributed by atoms with Crippen molar-refractivity contribution >= 4 is 22.6 Å². The molecule has 2 heterocycles. The van der Waals surface area contributed by atoms with Crippen molar-refractivity contribution in [1.82, 2.24) is 15.0 Å². The maximum absolute atomic E-state index is 11.5. The Labute approximate surface area is 87.9 Å². The quantitative estimate of drug-likeness (QED) is 0.685. The molecule has 0 spiro atoms. The Morgan fingerprint density at radius 3 is 2.80 bits per heavy atom. The van der Waals surface area contributed by atoms with Crippen molar-refractivity contribution < 1.29 is 4.74 Å². The molecule has 78 valence electrons. The third-order valence-corrected chi connectivity index (χ3v) is 2.05. The van der Waals surface area contributed by atoms with E-state index in [-0.39, 0.29) is 21.9 Å². The van der Waals surface area contributed by atoms with Gasteiger partial charge in [0.05, 0.1) is 7.11 Å². The number of halogens is 1. The van der Waals surface area contributed by atoms with Gasteiger partial charge in [-0.15, -0.1) is 0 Å². The van der Waals surface area contributed by atoms with Crippen LogP contribution in [0.2, 0.25) is 5.15 Å². The molecule has 0 unspecified atom stereocenters. The van der Waals surface area contributed by atoms with Gasteiger partial charge in [-0.25, -0.2) is 9.78 Å². The summed E-state index contributed by atoms with van der Waals surface area (Å²) in [6.45, 7) is 0. The molecule has 0 fully saturated rings. The zero-order valence-electron chi connectivity index (χ0n) is 7.63. The van der Waals surface area contributed by atoms with Crippen LogP contribution in [0.4, 0.5) is 0 Å². The molecule has 7 heteroatoms. The van der Waals surface area contributed by atoms with Crippen molar-refractivity contribution in [2.45, 2.75) is 0 Å². The minimum atomic E-state index is -0.635. The average molecular weight is 228 g/mol. The van der Waals surface area contributed by atoms with E-state index in [1.54, 1.807) is 0 Å². The number of nitrogens with one attached hydrogen (secondary N) is 2. The number of H-pyrrole nitrogens is 2. The van der Waals surface area contributed by atoms with Gasteiger partial charge in [-0.2, -0.15) is 0 Å². The van der Waals surface area contributed by atoms with Crippen LogP contribution in [0, 0.1) is 0 Å². The number of ether oxygens (including phenoxy) is 1. The van der Waals surface area contributed by atoms with Gasteiger partial charge in [0.25, 0.3) is 5.56 Å². The first-order valence-electron chi connectivity index (χ1n) is 3.98. The van der Waals surface area contributed by atoms with Crippen LogP contribution in [0.25, 0.3) is 11.0 Å². The van der Waals surface area contributed by atoms with Gasteiger partial charge in [0.2, 0.25) is 0 Å². The highest BCUT2D eigenvalue weighted by Gasteiger charge is 2.09. The van der Waals surface area contributed by atoms with Gasteiger partial charge < -0.3 is 4.74 Å². The molecule has 15 heavy (non-hydrogen) atoms. The zero-order valence-corrected chi connectivity index (χ0v) is 8.38. The van der Waals surface area contributed by atoms with Gasteiger partial charge in [0, 0.05) is 6.07 Å². The second-order valence-corrected chi connectivity index (χ2v) is 3.17. The van der Waals surface area contributed by atoms with E-state index in [4.69, 9.17) is 16.3 Å². The number of aromatic nitrogens is 3. The summed E-state index contributed by atoms with van der Waals surface area (Å²) in [5.74, 6) is 0.266. The van der Waals surface area contributed by atoms with Gasteiger partial charge in [-0.3, -0.25) is 14.8 Å². The lowest BCUT2D eigenvalue weighted by Crippen LogP contribution is -2.22. The van der Waals surface area contributed by atoms with Crippen molar-refractivity contribution in [3.05, 3.63) is 32.1 Å². The number of methoxy groups -OCH3 is 1. The number of hydrogen-bond acceptors (Lipinski definition) is 4. The molecule has 0 aromatic carbocycles. The summed E-state index contributed by atoms with van der Waals surface area (Å²) in [7, 11) is 1.40. The second-order valence-electron chi connectivity index (χ2n) is 2.78. The Balaban J connectivity index is 3.03. The average Bonchev–Trinajstić information content (AvgIpc) is 2.14. The summed E-state index contributed by atoms with van der Waals surface area (Å²) in [4.78, 5) is 30.7. The number of hydrogen-bond donors (Lipinski definition) is 2. The largest absolute Gasteiger partial charge is 0.496 e. The van der Waals surface area contributed by atoms with Crippen LogP contribution in [-0.2, 0) is 0 Å². The molecule has 0 aliphatic heterocycles. The van der Waals surface area contributed by atoms with E-state index in [1.165, 1.54) is 13.2 Å². The van der Waals surface area contributed by atoms with Crippen molar-refractivity contribution in [2.24, 2.45) is 0 Å². The lowest BCUT2D eigenvalue weighted by Gasteiger charge is -2.03. The first kappa shape index (κ1) is 9.72. The Hall–Kier alpha value is -1.82. The number of rotatable bonds is 1. The summed E-state index contributed by atoms with van der Waals surface area (Å²) in [5, 5.41) is 0.308. The number of pyridine rings is 1. The molecule has 0 aliphatic rings. The van der Waals surface area contributed by atoms with Crippen LogP contribution in [0.15, 0.2) is 15.7 Å². The molecule has 0 amide bonds. The Morgan fingerprint density at radius 2 is 2.13 bits per heavy atom. The number of nitrogens with zero attached hydrogens (tertiary/aromatic N) is 1. The predicted octanol–water partition coefficient (Wildman–Crippen LogP) is 0.273. The first-order chi connectivity index (χ1) is 7.11. The van der Waals surface area contributed by atoms with Gasteiger partial charge in [0.1, 0.15) is 16.3 Å². The Morgan fingerprint density at radius 1 is 1.40 bits per heavy atom. The fraction of sp³-hybridized carbons (Fsp3) is 0.125. The zero-order chi connectivity index (χ0) is 11.0. The molecule has 0 saturated heterocycles. The van der Waals surface area contributed by atoms with E-state index < -0.39 is 11.2 Å². The molecule has 6 nitrogen and oxygen atoms in total. The van der Waals surface area contributed by atoms with Gasteiger partial charge in [-0.05, 0) is 0 Å². The summed E-state index contributed by atoms with van der Waals surface area (Å²) in [6.07, 6.45) is 0. The first-order valence-corrected chi connectivity index (χ1v) is 4.36. The molecular formula is C8H6ClN3O3. The Bertz CT molecular complexity index is 631. The highest BCUT2D eigenvalue weighted by atomic mass is 35.5. The smallest absolute Gasteiger partial charge is 0.327 e. The maximum Gasteiger partial charge on any atom is 0.327 e. The molecule has 0 saturated carbocycles. The lowest BCUT2D eigenvalue weighted by atomic mass is 10.3. The third kappa shape index (κ3) is 1.59. The highest BCUT2D eigenvalue weighted by molar-refractivity contribution is 6.30. The van der Waals surface area contributed by atoms with Crippen LogP contribution in [-0.4, -0.2) is 22.1 Å². The van der Waals surface area contributed by atoms with E-state index >= 15 is 0 Å². The summed E-state index contributed by atoms with van der Waals surface area (Å²) in [6, 6.07) is 1.40. The maximum atomic E-state index is 11.5. The van der Waals surface area contributed by atoms with Crippen LogP contribution in [0.1, 0.15) is 0 Å². The van der Waals surface area contributed by atoms with Crippen molar-refractivity contribution in [2.75, 3.05) is 7.11 Å². The predicted molar refractivity (Wildman–Crippen MR) is 54.5 cm³/mol. The summed E-state index contributed by atoms with van der Waals surface area (Å²) < 4.78 is 4.96. The second kappa shape index (κ2) is 3.39. The minimum absolute atomic E-state index is 0.105. The molecule has 0 aliphatic carbocycles. The molecular weight excluding hydrogens is 222 g/mol. The number of aromatic amines is 2. The standard InChI is InChI=1S/C8H6ClN3O3/c1-15-3-2-4(9)10-6-5(3)7(13)12-8(14)11-6/h2H,1H3,(H2,10,11,12,13,14). The lowest BCUT2D eigenvalue weighted by molar-refractivity contribution is 0.419. The fourth-order valence-electron chi connectivity index (χ4n) is 1.27. The Kier molecular flexibility index (Phi) is 2.20. The molecule has 2 N–H and O–H groups in total. The van der Waals surface area contributed by atoms with Crippen molar-refractivity contribution in [3.63, 3.8) is 0 Å². The van der Waals surface area contributed by atoms with E-state index in [2.05, 4.69) is 15.0 Å². The molecule has 0 radical (unpaired) electrons. The van der Waals surface area contributed by atoms with Crippen LogP contribution in [0.3, 0.4) is 0 Å². The van der Waals surface area contributed by atoms with Crippen LogP contribution in [0.5, 0.6) is 5.75 Å². The van der Waals surface area contributed by atoms with Gasteiger partial charge in [-0.1, -0.05) is 11.6 Å². The third-order valence-electron chi connectivity index (χ3n) is 1.86. The van der Waals surface area contributed by atoms with E-state index in [9.17, 15) is 9.59 Å². The molecule has 2 aromatic heterocycles. The molecule has 2 rings (SSSR count). The monoisotopic (exact) mass is 227 g/mol. The topological polar surface area (TPSA) is 87.8 Å². The normalized spacial score (nSPS) is 10.5. The van der Waals surface area contributed by atoms with E-state index in [0.717, 1.165) is 0 Å². The van der Waals surface area contributed by atoms with E-state index in [0.29, 0.717) is 0 Å².